The van der Waals surface area contributed by atoms with Crippen LogP contribution in [0.3, 0.4) is 0 Å². The molecule has 2 aliphatic heterocycles. The summed E-state index contributed by atoms with van der Waals surface area (Å²) in [4.78, 5) is 31.0. The lowest BCUT2D eigenvalue weighted by Gasteiger charge is -2.26. The minimum atomic E-state index is -0.0406. The molecule has 0 unspecified atom stereocenters. The lowest BCUT2D eigenvalue weighted by atomic mass is 10.1. The van der Waals surface area contributed by atoms with Gasteiger partial charge in [-0.15, -0.1) is 11.3 Å². The molecule has 0 aliphatic carbocycles. The van der Waals surface area contributed by atoms with Crippen molar-refractivity contribution >= 4 is 23.2 Å². The average molecular weight is 327 g/mol. The van der Waals surface area contributed by atoms with Crippen LogP contribution in [0.1, 0.15) is 29.1 Å². The van der Waals surface area contributed by atoms with Gasteiger partial charge in [0.1, 0.15) is 0 Å². The van der Waals surface area contributed by atoms with Crippen LogP contribution in [-0.4, -0.2) is 40.3 Å². The van der Waals surface area contributed by atoms with Crippen molar-refractivity contribution in [1.82, 2.24) is 15.2 Å². The summed E-state index contributed by atoms with van der Waals surface area (Å²) < 4.78 is 0. The van der Waals surface area contributed by atoms with Crippen molar-refractivity contribution in [2.45, 2.75) is 31.3 Å². The third-order valence-electron chi connectivity index (χ3n) is 4.57. The topological polar surface area (TPSA) is 62.3 Å². The molecule has 2 amide bonds. The van der Waals surface area contributed by atoms with Gasteiger partial charge in [-0.2, -0.15) is 0 Å². The van der Waals surface area contributed by atoms with Gasteiger partial charge in [-0.25, -0.2) is 4.98 Å². The number of thiazole rings is 1. The Morgan fingerprint density at radius 3 is 2.83 bits per heavy atom. The molecule has 2 aliphatic rings. The van der Waals surface area contributed by atoms with E-state index in [0.717, 1.165) is 24.1 Å². The van der Waals surface area contributed by atoms with E-state index in [9.17, 15) is 9.59 Å². The van der Waals surface area contributed by atoms with Gasteiger partial charge in [0.05, 0.1) is 5.69 Å². The minimum Gasteiger partial charge on any atom is -0.354 e. The van der Waals surface area contributed by atoms with E-state index in [0.29, 0.717) is 18.0 Å². The van der Waals surface area contributed by atoms with Crippen molar-refractivity contribution < 1.29 is 9.59 Å². The second kappa shape index (κ2) is 5.77. The van der Waals surface area contributed by atoms with Crippen molar-refractivity contribution in [1.29, 1.82) is 0 Å². The molecule has 23 heavy (non-hydrogen) atoms. The number of aromatic nitrogens is 1. The predicted molar refractivity (Wildman–Crippen MR) is 88.2 cm³/mol. The van der Waals surface area contributed by atoms with Crippen molar-refractivity contribution in [3.05, 3.63) is 40.7 Å². The van der Waals surface area contributed by atoms with Gasteiger partial charge in [-0.1, -0.05) is 30.3 Å². The Morgan fingerprint density at radius 1 is 1.22 bits per heavy atom. The monoisotopic (exact) mass is 327 g/mol. The Bertz CT molecular complexity index is 743. The number of hydrogen-bond donors (Lipinski definition) is 1. The number of nitrogens with zero attached hydrogens (tertiary/aromatic N) is 2. The zero-order valence-corrected chi connectivity index (χ0v) is 13.4. The molecule has 4 rings (SSSR count). The molecular weight excluding hydrogens is 310 g/mol. The molecule has 0 spiro atoms. The van der Waals surface area contributed by atoms with Crippen LogP contribution in [0.5, 0.6) is 0 Å². The molecule has 1 aromatic carbocycles. The summed E-state index contributed by atoms with van der Waals surface area (Å²) >= 11 is 1.38. The summed E-state index contributed by atoms with van der Waals surface area (Å²) in [6, 6.07) is 9.97. The number of rotatable bonds is 2. The van der Waals surface area contributed by atoms with Crippen LogP contribution in [0.15, 0.2) is 35.7 Å². The highest BCUT2D eigenvalue weighted by molar-refractivity contribution is 7.12. The highest BCUT2D eigenvalue weighted by Crippen LogP contribution is 2.31. The minimum absolute atomic E-state index is 0.0130. The number of hydrogen-bond acceptors (Lipinski definition) is 4. The molecule has 2 bridgehead atoms. The smallest absolute Gasteiger partial charge is 0.283 e. The van der Waals surface area contributed by atoms with Gasteiger partial charge < -0.3 is 10.2 Å². The molecule has 3 heterocycles. The maximum Gasteiger partial charge on any atom is 0.283 e. The van der Waals surface area contributed by atoms with Crippen LogP contribution in [0.25, 0.3) is 11.3 Å². The molecule has 1 N–H and O–H groups in total. The number of nitrogens with one attached hydrogen (secondary N) is 1. The third-order valence-corrected chi connectivity index (χ3v) is 5.40. The fourth-order valence-electron chi connectivity index (χ4n) is 3.44. The Kier molecular flexibility index (Phi) is 3.61. The van der Waals surface area contributed by atoms with Gasteiger partial charge in [0, 0.05) is 36.0 Å². The van der Waals surface area contributed by atoms with E-state index in [4.69, 9.17) is 0 Å². The van der Waals surface area contributed by atoms with Gasteiger partial charge in [-0.3, -0.25) is 9.59 Å². The van der Waals surface area contributed by atoms with Gasteiger partial charge in [0.15, 0.2) is 5.01 Å². The van der Waals surface area contributed by atoms with E-state index < -0.39 is 0 Å². The van der Waals surface area contributed by atoms with Gasteiger partial charge in [0.2, 0.25) is 5.91 Å². The SMILES string of the molecule is O=C1C[C@@H]2CC[C@H](CN1)N2C(=O)c1nc(-c2ccccc2)cs1. The van der Waals surface area contributed by atoms with E-state index in [1.165, 1.54) is 11.3 Å². The fourth-order valence-corrected chi connectivity index (χ4v) is 4.20. The van der Waals surface area contributed by atoms with Crippen LogP contribution in [0, 0.1) is 0 Å². The summed E-state index contributed by atoms with van der Waals surface area (Å²) in [6.07, 6.45) is 2.26. The van der Waals surface area contributed by atoms with Crippen molar-refractivity contribution in [3.8, 4) is 11.3 Å². The molecule has 1 aromatic heterocycles. The third kappa shape index (κ3) is 2.63. The summed E-state index contributed by atoms with van der Waals surface area (Å²) in [5.74, 6) is 0.000273. The first kappa shape index (κ1) is 14.4. The Morgan fingerprint density at radius 2 is 2.00 bits per heavy atom. The highest BCUT2D eigenvalue weighted by Gasteiger charge is 2.41. The zero-order chi connectivity index (χ0) is 15.8. The molecule has 5 nitrogen and oxygen atoms in total. The molecule has 2 aromatic rings. The number of carbonyl (C=O) groups is 2. The Balaban J connectivity index is 1.60. The van der Waals surface area contributed by atoms with Crippen molar-refractivity contribution in [2.24, 2.45) is 0 Å². The van der Waals surface area contributed by atoms with Gasteiger partial charge in [0.25, 0.3) is 5.91 Å². The molecule has 0 radical (unpaired) electrons. The van der Waals surface area contributed by atoms with Crippen LogP contribution in [0.2, 0.25) is 0 Å². The second-order valence-corrected chi connectivity index (χ2v) is 6.87. The molecule has 118 valence electrons. The van der Waals surface area contributed by atoms with Crippen LogP contribution < -0.4 is 5.32 Å². The van der Waals surface area contributed by atoms with E-state index in [2.05, 4.69) is 10.3 Å². The molecule has 2 saturated heterocycles. The van der Waals surface area contributed by atoms with Crippen molar-refractivity contribution in [3.63, 3.8) is 0 Å². The van der Waals surface area contributed by atoms with Crippen LogP contribution in [-0.2, 0) is 4.79 Å². The summed E-state index contributed by atoms with van der Waals surface area (Å²) in [7, 11) is 0. The lowest BCUT2D eigenvalue weighted by molar-refractivity contribution is -0.121. The molecule has 2 atom stereocenters. The van der Waals surface area contributed by atoms with Crippen LogP contribution >= 0.6 is 11.3 Å². The number of benzene rings is 1. The first-order valence-corrected chi connectivity index (χ1v) is 8.70. The normalized spacial score (nSPS) is 23.5. The standard InChI is InChI=1S/C17H17N3O2S/c21-15-8-12-6-7-13(9-18-15)20(12)17(22)16-19-14(10-23-16)11-4-2-1-3-5-11/h1-5,10,12-13H,6-9H2,(H,18,21)/t12-,13+/m0/s1. The van der Waals surface area contributed by atoms with E-state index >= 15 is 0 Å². The number of fused-ring (bicyclic) bond motifs is 2. The van der Waals surface area contributed by atoms with E-state index in [1.54, 1.807) is 0 Å². The zero-order valence-electron chi connectivity index (χ0n) is 12.6. The first-order chi connectivity index (χ1) is 11.2. The van der Waals surface area contributed by atoms with Crippen LogP contribution in [0.4, 0.5) is 0 Å². The number of amides is 2. The largest absolute Gasteiger partial charge is 0.354 e. The molecule has 6 heteroatoms. The maximum absolute atomic E-state index is 12.9. The Labute approximate surface area is 138 Å². The Hall–Kier alpha value is -2.21. The van der Waals surface area contributed by atoms with Crippen molar-refractivity contribution in [2.75, 3.05) is 6.54 Å². The maximum atomic E-state index is 12.9. The highest BCUT2D eigenvalue weighted by atomic mass is 32.1. The quantitative estimate of drug-likeness (QED) is 0.920. The summed E-state index contributed by atoms with van der Waals surface area (Å²) in [5.41, 5.74) is 1.84. The summed E-state index contributed by atoms with van der Waals surface area (Å²) in [6.45, 7) is 0.554. The van der Waals surface area contributed by atoms with Gasteiger partial charge >= 0.3 is 0 Å². The number of carbonyl (C=O) groups excluding carboxylic acids is 2. The van der Waals surface area contributed by atoms with Gasteiger partial charge in [-0.05, 0) is 12.8 Å². The second-order valence-electron chi connectivity index (χ2n) is 6.01. The van der Waals surface area contributed by atoms with E-state index in [-0.39, 0.29) is 23.9 Å². The molecule has 0 saturated carbocycles. The lowest BCUT2D eigenvalue weighted by Crippen LogP contribution is -2.42. The molecular formula is C17H17N3O2S. The fraction of sp³-hybridized carbons (Fsp3) is 0.353. The summed E-state index contributed by atoms with van der Waals surface area (Å²) in [5, 5.41) is 5.33. The van der Waals surface area contributed by atoms with E-state index in [1.807, 2.05) is 40.6 Å². The first-order valence-electron chi connectivity index (χ1n) is 7.82. The molecule has 2 fully saturated rings. The predicted octanol–water partition coefficient (Wildman–Crippen LogP) is 2.30. The average Bonchev–Trinajstić information content (AvgIpc) is 3.16.